The molecule has 12 heteroatoms. The van der Waals surface area contributed by atoms with E-state index in [-0.39, 0.29) is 33.8 Å². The zero-order valence-corrected chi connectivity index (χ0v) is 19.3. The molecular formula is C20H15Cl2F3N2O3S2. The lowest BCUT2D eigenvalue weighted by atomic mass is 10.1. The van der Waals surface area contributed by atoms with E-state index in [1.807, 2.05) is 0 Å². The molecule has 32 heavy (non-hydrogen) atoms. The average molecular weight is 523 g/mol. The van der Waals surface area contributed by atoms with Crippen LogP contribution in [0.2, 0.25) is 10.0 Å². The lowest BCUT2D eigenvalue weighted by molar-refractivity contribution is -0.137. The minimum Gasteiger partial charge on any atom is -0.314 e. The van der Waals surface area contributed by atoms with Gasteiger partial charge in [-0.15, -0.1) is 0 Å². The highest BCUT2D eigenvalue weighted by atomic mass is 35.5. The minimum atomic E-state index is -4.62. The molecule has 4 rings (SSSR count). The molecule has 2 saturated heterocycles. The molecule has 2 atom stereocenters. The maximum atomic E-state index is 13.3. The van der Waals surface area contributed by atoms with Crippen LogP contribution in [0.15, 0.2) is 47.5 Å². The topological polar surface area (TPSA) is 66.8 Å². The number of carbonyl (C=O) groups excluding carboxylic acids is 1. The molecule has 2 aromatic rings. The lowest BCUT2D eigenvalue weighted by Crippen LogP contribution is -2.38. The van der Waals surface area contributed by atoms with E-state index < -0.39 is 38.8 Å². The van der Waals surface area contributed by atoms with Crippen LogP contribution in [-0.4, -0.2) is 42.3 Å². The second-order valence-corrected chi connectivity index (χ2v) is 11.6. The Morgan fingerprint density at radius 2 is 1.81 bits per heavy atom. The number of rotatable bonds is 3. The number of halogens is 5. The molecule has 0 unspecified atom stereocenters. The number of aliphatic imine (C=N–C) groups is 1. The summed E-state index contributed by atoms with van der Waals surface area (Å²) in [5, 5.41) is 0.183. The predicted molar refractivity (Wildman–Crippen MR) is 120 cm³/mol. The lowest BCUT2D eigenvalue weighted by Gasteiger charge is -2.26. The van der Waals surface area contributed by atoms with Crippen LogP contribution in [0, 0.1) is 0 Å². The molecular weight excluding hydrogens is 508 g/mol. The number of benzene rings is 2. The van der Waals surface area contributed by atoms with Crippen molar-refractivity contribution >= 4 is 61.6 Å². The highest BCUT2D eigenvalue weighted by molar-refractivity contribution is 8.16. The van der Waals surface area contributed by atoms with Crippen molar-refractivity contribution in [3.8, 4) is 0 Å². The Bertz CT molecular complexity index is 1200. The van der Waals surface area contributed by atoms with E-state index in [4.69, 9.17) is 23.2 Å². The van der Waals surface area contributed by atoms with Gasteiger partial charge < -0.3 is 4.90 Å². The van der Waals surface area contributed by atoms with Crippen LogP contribution >= 0.6 is 35.0 Å². The summed E-state index contributed by atoms with van der Waals surface area (Å²) in [5.74, 6) is -0.938. The van der Waals surface area contributed by atoms with E-state index in [1.54, 1.807) is 24.3 Å². The van der Waals surface area contributed by atoms with Gasteiger partial charge in [0.1, 0.15) is 0 Å². The van der Waals surface area contributed by atoms with Gasteiger partial charge in [0.15, 0.2) is 15.0 Å². The molecule has 0 bridgehead atoms. The van der Waals surface area contributed by atoms with Crippen molar-refractivity contribution < 1.29 is 26.4 Å². The van der Waals surface area contributed by atoms with Gasteiger partial charge in [-0.2, -0.15) is 18.2 Å². The number of fused-ring (bicyclic) bond motifs is 1. The number of anilines is 1. The van der Waals surface area contributed by atoms with Gasteiger partial charge in [-0.3, -0.25) is 4.79 Å². The maximum absolute atomic E-state index is 13.3. The molecule has 2 heterocycles. The highest BCUT2D eigenvalue weighted by Gasteiger charge is 2.50. The van der Waals surface area contributed by atoms with E-state index >= 15 is 0 Å². The zero-order valence-electron chi connectivity index (χ0n) is 16.1. The Kier molecular flexibility index (Phi) is 6.26. The molecule has 5 nitrogen and oxygen atoms in total. The summed E-state index contributed by atoms with van der Waals surface area (Å²) in [6.45, 7) is 0. The molecule has 0 spiro atoms. The third-order valence-corrected chi connectivity index (χ3v) is 8.87. The van der Waals surface area contributed by atoms with Crippen molar-refractivity contribution in [1.82, 2.24) is 0 Å². The first-order valence-electron chi connectivity index (χ1n) is 9.32. The van der Waals surface area contributed by atoms with Crippen molar-refractivity contribution in [2.24, 2.45) is 4.99 Å². The fourth-order valence-electron chi connectivity index (χ4n) is 3.64. The second-order valence-electron chi connectivity index (χ2n) is 7.43. The van der Waals surface area contributed by atoms with Gasteiger partial charge in [0.2, 0.25) is 0 Å². The van der Waals surface area contributed by atoms with Crippen molar-refractivity contribution in [2.45, 2.75) is 23.9 Å². The third-order valence-electron chi connectivity index (χ3n) is 5.09. The number of hydrogen-bond acceptors (Lipinski definition) is 4. The summed E-state index contributed by atoms with van der Waals surface area (Å²) < 4.78 is 64.2. The van der Waals surface area contributed by atoms with Gasteiger partial charge in [0, 0.05) is 10.3 Å². The van der Waals surface area contributed by atoms with E-state index in [9.17, 15) is 26.4 Å². The van der Waals surface area contributed by atoms with Crippen molar-refractivity contribution in [3.63, 3.8) is 0 Å². The quantitative estimate of drug-likeness (QED) is 0.576. The van der Waals surface area contributed by atoms with Crippen LogP contribution in [0.1, 0.15) is 11.1 Å². The van der Waals surface area contributed by atoms with Crippen LogP contribution < -0.4 is 4.90 Å². The summed E-state index contributed by atoms with van der Waals surface area (Å²) in [6, 6.07) is 8.74. The monoisotopic (exact) mass is 522 g/mol. The predicted octanol–water partition coefficient (Wildman–Crippen LogP) is 4.86. The number of alkyl halides is 3. The number of sulfone groups is 1. The van der Waals surface area contributed by atoms with Gasteiger partial charge in [-0.25, -0.2) is 8.42 Å². The summed E-state index contributed by atoms with van der Waals surface area (Å²) in [5.41, 5.74) is -0.298. The first-order valence-corrected chi connectivity index (χ1v) is 12.8. The molecule has 2 aliphatic rings. The highest BCUT2D eigenvalue weighted by Crippen LogP contribution is 2.44. The van der Waals surface area contributed by atoms with E-state index in [2.05, 4.69) is 4.99 Å². The zero-order chi connectivity index (χ0) is 23.3. The SMILES string of the molecule is O=C(Cc1ccc(Cl)cc1)N=C1S[C@@H]2CS(=O)(=O)C[C@H]2N1c1cc(C(F)(F)F)ccc1Cl. The average Bonchev–Trinajstić information content (AvgIpc) is 3.14. The van der Waals surface area contributed by atoms with E-state index in [0.29, 0.717) is 10.6 Å². The normalized spacial score (nSPS) is 23.5. The summed E-state index contributed by atoms with van der Waals surface area (Å²) in [6.07, 6.45) is -4.66. The molecule has 0 saturated carbocycles. The van der Waals surface area contributed by atoms with Crippen molar-refractivity contribution in [1.29, 1.82) is 0 Å². The van der Waals surface area contributed by atoms with Gasteiger partial charge in [0.05, 0.1) is 40.2 Å². The van der Waals surface area contributed by atoms with Crippen LogP contribution in [-0.2, 0) is 27.2 Å². The molecule has 0 aromatic heterocycles. The number of nitrogens with zero attached hydrogens (tertiary/aromatic N) is 2. The van der Waals surface area contributed by atoms with Crippen LogP contribution in [0.4, 0.5) is 18.9 Å². The molecule has 1 amide bonds. The smallest absolute Gasteiger partial charge is 0.314 e. The first kappa shape index (κ1) is 23.4. The number of hydrogen-bond donors (Lipinski definition) is 0. The molecule has 2 aliphatic heterocycles. The van der Waals surface area contributed by atoms with Gasteiger partial charge >= 0.3 is 6.18 Å². The van der Waals surface area contributed by atoms with Crippen LogP contribution in [0.25, 0.3) is 0 Å². The summed E-state index contributed by atoms with van der Waals surface area (Å²) >= 11 is 13.1. The standard InChI is InChI=1S/C20H15Cl2F3N2O3S2/c21-13-4-1-11(2-5-13)7-18(28)26-19-27(16-9-32(29,30)10-17(16)31-19)15-8-12(20(23,24)25)3-6-14(15)22/h1-6,8,16-17H,7,9-10H2/t16-,17-/m1/s1. The minimum absolute atomic E-state index is 0.00129. The number of amides is 1. The van der Waals surface area contributed by atoms with E-state index in [1.165, 1.54) is 4.90 Å². The molecule has 170 valence electrons. The number of carbonyl (C=O) groups is 1. The Morgan fingerprint density at radius 3 is 2.47 bits per heavy atom. The van der Waals surface area contributed by atoms with Crippen LogP contribution in [0.5, 0.6) is 0 Å². The van der Waals surface area contributed by atoms with Crippen LogP contribution in [0.3, 0.4) is 0 Å². The largest absolute Gasteiger partial charge is 0.416 e. The summed E-state index contributed by atoms with van der Waals surface area (Å²) in [4.78, 5) is 18.1. The molecule has 0 N–H and O–H groups in total. The Balaban J connectivity index is 1.71. The number of amidine groups is 1. The fourth-order valence-corrected chi connectivity index (χ4v) is 7.90. The summed E-state index contributed by atoms with van der Waals surface area (Å²) in [7, 11) is -3.38. The Labute approximate surface area is 196 Å². The van der Waals surface area contributed by atoms with Crippen molar-refractivity contribution in [3.05, 3.63) is 63.6 Å². The van der Waals surface area contributed by atoms with Crippen molar-refractivity contribution in [2.75, 3.05) is 16.4 Å². The molecule has 0 aliphatic carbocycles. The fraction of sp³-hybridized carbons (Fsp3) is 0.300. The van der Waals surface area contributed by atoms with Gasteiger partial charge in [-0.1, -0.05) is 47.1 Å². The second kappa shape index (κ2) is 8.55. The maximum Gasteiger partial charge on any atom is 0.416 e. The van der Waals surface area contributed by atoms with E-state index in [0.717, 1.165) is 30.0 Å². The third kappa shape index (κ3) is 4.93. The Hall–Kier alpha value is -1.75. The molecule has 0 radical (unpaired) electrons. The first-order chi connectivity index (χ1) is 14.9. The molecule has 2 aromatic carbocycles. The van der Waals surface area contributed by atoms with Gasteiger partial charge in [-0.05, 0) is 35.9 Å². The molecule has 2 fully saturated rings. The van der Waals surface area contributed by atoms with Gasteiger partial charge in [0.25, 0.3) is 5.91 Å². The Morgan fingerprint density at radius 1 is 1.12 bits per heavy atom. The number of thioether (sulfide) groups is 1.